The van der Waals surface area contributed by atoms with Crippen LogP contribution < -0.4 is 0 Å². The third kappa shape index (κ3) is 9.05. The van der Waals surface area contributed by atoms with Crippen molar-refractivity contribution in [2.24, 2.45) is 10.8 Å². The minimum absolute atomic E-state index is 0.00330. The van der Waals surface area contributed by atoms with E-state index in [2.05, 4.69) is 107 Å². The molecule has 0 atom stereocenters. The normalized spacial score (nSPS) is 18.1. The van der Waals surface area contributed by atoms with Gasteiger partial charge in [-0.15, -0.1) is 0 Å². The highest BCUT2D eigenvalue weighted by Gasteiger charge is 2.35. The highest BCUT2D eigenvalue weighted by molar-refractivity contribution is 8.06. The van der Waals surface area contributed by atoms with Crippen LogP contribution in [0.15, 0.2) is 62.6 Å². The van der Waals surface area contributed by atoms with Crippen molar-refractivity contribution in [3.8, 4) is 0 Å². The molecule has 1 aliphatic heterocycles. The van der Waals surface area contributed by atoms with Gasteiger partial charge in [0.15, 0.2) is 0 Å². The van der Waals surface area contributed by atoms with E-state index >= 15 is 0 Å². The summed E-state index contributed by atoms with van der Waals surface area (Å²) in [5.41, 5.74) is 3.33. The molecule has 0 bridgehead atoms. The van der Waals surface area contributed by atoms with Crippen LogP contribution in [0.5, 0.6) is 0 Å². The second kappa shape index (κ2) is 11.8. The molecule has 1 aromatic rings. The molecular weight excluding hydrogens is 529 g/mol. The number of allylic oxidation sites excluding steroid dienone is 8. The van der Waals surface area contributed by atoms with Crippen molar-refractivity contribution in [1.29, 1.82) is 0 Å². The predicted molar refractivity (Wildman–Crippen MR) is 178 cm³/mol. The summed E-state index contributed by atoms with van der Waals surface area (Å²) in [5, 5.41) is 11.0. The van der Waals surface area contributed by atoms with Crippen LogP contribution in [0.4, 0.5) is 0 Å². The topological polar surface area (TPSA) is 37.3 Å². The second-order valence-electron chi connectivity index (χ2n) is 15.9. The van der Waals surface area contributed by atoms with Crippen LogP contribution in [0.25, 0.3) is 6.08 Å². The van der Waals surface area contributed by atoms with Crippen molar-refractivity contribution in [2.45, 2.75) is 120 Å². The van der Waals surface area contributed by atoms with Gasteiger partial charge in [0.2, 0.25) is 26.9 Å². The third-order valence-electron chi connectivity index (χ3n) is 7.08. The zero-order chi connectivity index (χ0) is 30.3. The summed E-state index contributed by atoms with van der Waals surface area (Å²) in [5.74, 6) is 0.0202. The number of thioether (sulfide) groups is 1. The third-order valence-corrected chi connectivity index (χ3v) is 10.1. The van der Waals surface area contributed by atoms with Crippen molar-refractivity contribution < 1.29 is 9.90 Å². The summed E-state index contributed by atoms with van der Waals surface area (Å²) in [6, 6.07) is 4.33. The molecule has 0 amide bonds. The van der Waals surface area contributed by atoms with Gasteiger partial charge < -0.3 is 5.11 Å². The zero-order valence-electron chi connectivity index (χ0n) is 27.0. The minimum Gasteiger partial charge on any atom is -0.506 e. The molecule has 40 heavy (non-hydrogen) atoms. The van der Waals surface area contributed by atoms with Crippen LogP contribution in [-0.4, -0.2) is 10.9 Å². The summed E-state index contributed by atoms with van der Waals surface area (Å²) in [7, 11) is 0. The molecule has 0 radical (unpaired) electrons. The Morgan fingerprint density at radius 2 is 1.20 bits per heavy atom. The number of hydrogen-bond donors (Lipinski definition) is 1. The maximum Gasteiger partial charge on any atom is 0.219 e. The van der Waals surface area contributed by atoms with E-state index < -0.39 is 0 Å². The lowest BCUT2D eigenvalue weighted by Gasteiger charge is -2.24. The fourth-order valence-corrected chi connectivity index (χ4v) is 6.73. The Hall–Kier alpha value is -1.91. The van der Waals surface area contributed by atoms with Gasteiger partial charge in [-0.05, 0) is 81.8 Å². The first-order valence-corrected chi connectivity index (χ1v) is 16.3. The number of ketones is 1. The summed E-state index contributed by atoms with van der Waals surface area (Å²) in [6.45, 7) is 27.0. The Morgan fingerprint density at radius 3 is 1.57 bits per heavy atom. The van der Waals surface area contributed by atoms with E-state index in [1.54, 1.807) is 0 Å². The molecule has 218 valence electrons. The number of aliphatic hydroxyl groups is 1. The Morgan fingerprint density at radius 1 is 0.750 bits per heavy atom. The van der Waals surface area contributed by atoms with Gasteiger partial charge >= 0.3 is 0 Å². The number of hydrogen-bond acceptors (Lipinski definition) is 3. The first-order valence-electron chi connectivity index (χ1n) is 14.6. The van der Waals surface area contributed by atoms with E-state index in [0.29, 0.717) is 11.1 Å². The predicted octanol–water partition coefficient (Wildman–Crippen LogP) is 11.5. The van der Waals surface area contributed by atoms with Crippen molar-refractivity contribution in [2.75, 3.05) is 0 Å². The maximum atomic E-state index is 13.3. The van der Waals surface area contributed by atoms with Gasteiger partial charge in [-0.3, -0.25) is 4.79 Å². The summed E-state index contributed by atoms with van der Waals surface area (Å²) in [4.78, 5) is 18.5. The Balaban J connectivity index is 1.98. The van der Waals surface area contributed by atoms with E-state index in [0.717, 1.165) is 36.8 Å². The number of rotatable bonds is 6. The van der Waals surface area contributed by atoms with E-state index in [4.69, 9.17) is 0 Å². The van der Waals surface area contributed by atoms with Crippen LogP contribution in [-0.2, 0) is 15.6 Å². The van der Waals surface area contributed by atoms with Crippen molar-refractivity contribution in [3.05, 3.63) is 78.0 Å². The lowest BCUT2D eigenvalue weighted by Crippen LogP contribution is -2.21. The van der Waals surface area contributed by atoms with Gasteiger partial charge in [-0.25, -0.2) is 0 Å². The fraction of sp³-hybridized carbons (Fsp3) is 0.556. The van der Waals surface area contributed by atoms with Gasteiger partial charge in [0.25, 0.3) is 0 Å². The maximum absolute atomic E-state index is 13.3. The highest BCUT2D eigenvalue weighted by atomic mass is 32.2. The number of aliphatic hydroxyl groups excluding tert-OH is 1. The average molecular weight is 580 g/mol. The van der Waals surface area contributed by atoms with Gasteiger partial charge in [0, 0.05) is 23.0 Å². The zero-order valence-corrected chi connectivity index (χ0v) is 28.6. The molecule has 1 N–H and O–H groups in total. The Kier molecular flexibility index (Phi) is 9.59. The molecule has 1 aromatic heterocycles. The molecule has 0 aromatic carbocycles. The molecule has 4 heteroatoms. The quantitative estimate of drug-likeness (QED) is 0.269. The van der Waals surface area contributed by atoms with Gasteiger partial charge in [0.05, 0.1) is 11.1 Å². The monoisotopic (exact) mass is 579 g/mol. The van der Waals surface area contributed by atoms with Crippen LogP contribution >= 0.6 is 23.1 Å². The molecule has 2 nitrogen and oxygen atoms in total. The van der Waals surface area contributed by atoms with Crippen LogP contribution in [0.1, 0.15) is 124 Å². The largest absolute Gasteiger partial charge is 0.506 e. The molecule has 3 rings (SSSR count). The summed E-state index contributed by atoms with van der Waals surface area (Å²) in [6.07, 6.45) is 12.4. The van der Waals surface area contributed by atoms with Crippen LogP contribution in [0.3, 0.4) is 0 Å². The van der Waals surface area contributed by atoms with Gasteiger partial charge in [0.1, 0.15) is 5.76 Å². The lowest BCUT2D eigenvalue weighted by atomic mass is 9.84. The fourth-order valence-electron chi connectivity index (χ4n) is 4.36. The molecule has 0 fully saturated rings. The molecule has 2 heterocycles. The molecule has 0 unspecified atom stereocenters. The Labute approximate surface area is 252 Å². The highest BCUT2D eigenvalue weighted by Crippen LogP contribution is 2.42. The van der Waals surface area contributed by atoms with E-state index in [-0.39, 0.29) is 33.2 Å². The molecule has 0 spiro atoms. The van der Waals surface area contributed by atoms with E-state index in [1.165, 1.54) is 19.6 Å². The average Bonchev–Trinajstić information content (AvgIpc) is 2.81. The first-order chi connectivity index (χ1) is 18.1. The summed E-state index contributed by atoms with van der Waals surface area (Å²) >= 11 is 3.71. The van der Waals surface area contributed by atoms with E-state index in [1.807, 2.05) is 35.3 Å². The van der Waals surface area contributed by atoms with Gasteiger partial charge in [-0.2, -0.15) is 0 Å². The van der Waals surface area contributed by atoms with Crippen molar-refractivity contribution >= 4 is 35.0 Å². The van der Waals surface area contributed by atoms with Crippen molar-refractivity contribution in [1.82, 2.24) is 0 Å². The lowest BCUT2D eigenvalue weighted by molar-refractivity contribution is -0.113. The Bertz CT molecular complexity index is 1240. The number of carbonyl (C=O) groups excluding carboxylic acids is 1. The van der Waals surface area contributed by atoms with Gasteiger partial charge in [-0.1, -0.05) is 94.8 Å². The smallest absolute Gasteiger partial charge is 0.219 e. The molecule has 0 saturated heterocycles. The molecule has 0 saturated carbocycles. The summed E-state index contributed by atoms with van der Waals surface area (Å²) < 4.78 is 0. The standard InChI is InChI=1S/C36H50O2S2/c1-33(2,3)15-13-25-17-23(18-26(39-25)14-16-34(4,5)6)19-27-31(37)28(32(27)38)20-24-21-29(35(7,8)9)40-30(22-24)36(10,11)12/h17-22H,13-16H2,1-12H3/p+1. The molecule has 2 aliphatic rings. The minimum atomic E-state index is -0.0837. The second-order valence-corrected chi connectivity index (χ2v) is 18.2. The SMILES string of the molecule is CC(C)(C)CCC1=CC(=CC2=C(O)C(=Cc3cc(C(C)(C)C)[s+]c(C(C)(C)C)c3)C2=O)C=C(CCC(C)(C)C)S1. The molecule has 1 aliphatic carbocycles. The first kappa shape index (κ1) is 32.6. The van der Waals surface area contributed by atoms with Crippen molar-refractivity contribution in [3.63, 3.8) is 0 Å². The van der Waals surface area contributed by atoms with Crippen LogP contribution in [0, 0.1) is 10.8 Å². The van der Waals surface area contributed by atoms with Crippen LogP contribution in [0.2, 0.25) is 0 Å². The van der Waals surface area contributed by atoms with E-state index in [9.17, 15) is 9.90 Å². The number of carbonyl (C=O) groups is 1. The number of Topliss-reactive ketones (excluding diaryl/α,β-unsaturated/α-hetero) is 1. The molecular formula is C36H51O2S2+.